The molecule has 7 heteroatoms. The first-order valence-electron chi connectivity index (χ1n) is 6.30. The molecule has 0 saturated carbocycles. The number of amides is 1. The molecule has 0 radical (unpaired) electrons. The summed E-state index contributed by atoms with van der Waals surface area (Å²) in [6.45, 7) is 3.85. The molecule has 0 aliphatic carbocycles. The van der Waals surface area contributed by atoms with Crippen molar-refractivity contribution in [2.24, 2.45) is 0 Å². The largest absolute Gasteiger partial charge is 0.393 e. The van der Waals surface area contributed by atoms with Crippen LogP contribution in [0.5, 0.6) is 0 Å². The number of aryl methyl sites for hydroxylation is 1. The Morgan fingerprint density at radius 1 is 1.38 bits per heavy atom. The van der Waals surface area contributed by atoms with Gasteiger partial charge >= 0.3 is 0 Å². The van der Waals surface area contributed by atoms with Crippen molar-refractivity contribution in [3.8, 4) is 0 Å². The van der Waals surface area contributed by atoms with Crippen LogP contribution in [0.15, 0.2) is 30.3 Å². The summed E-state index contributed by atoms with van der Waals surface area (Å²) in [4.78, 5) is 24.6. The van der Waals surface area contributed by atoms with Gasteiger partial charge in [0.1, 0.15) is 5.69 Å². The van der Waals surface area contributed by atoms with Gasteiger partial charge in [0.15, 0.2) is 0 Å². The number of nitrogen functional groups attached to an aromatic ring is 1. The molecule has 6 nitrogen and oxygen atoms in total. The summed E-state index contributed by atoms with van der Waals surface area (Å²) in [5.41, 5.74) is 5.44. The minimum Gasteiger partial charge on any atom is -0.393 e. The smallest absolute Gasteiger partial charge is 0.292 e. The monoisotopic (exact) mass is 305 g/mol. The predicted molar refractivity (Wildman–Crippen MR) is 82.4 cm³/mol. The summed E-state index contributed by atoms with van der Waals surface area (Å²) in [5.74, 6) is -0.422. The summed E-state index contributed by atoms with van der Waals surface area (Å²) < 4.78 is 0. The Labute approximate surface area is 125 Å². The lowest BCUT2D eigenvalue weighted by molar-refractivity contribution is -0.383. The fraction of sp³-hybridized carbons (Fsp3) is 0.214. The first-order chi connectivity index (χ1) is 9.90. The van der Waals surface area contributed by atoms with Crippen LogP contribution in [-0.4, -0.2) is 10.8 Å². The van der Waals surface area contributed by atoms with Crippen LogP contribution < -0.4 is 11.1 Å². The number of anilines is 1. The Kier molecular flexibility index (Phi) is 4.23. The second kappa shape index (κ2) is 5.92. The Hall–Kier alpha value is -2.41. The van der Waals surface area contributed by atoms with Crippen molar-refractivity contribution in [1.82, 2.24) is 5.32 Å². The zero-order valence-corrected chi connectivity index (χ0v) is 12.4. The van der Waals surface area contributed by atoms with Gasteiger partial charge in [-0.2, -0.15) is 0 Å². The van der Waals surface area contributed by atoms with Gasteiger partial charge in [-0.15, -0.1) is 11.3 Å². The van der Waals surface area contributed by atoms with E-state index in [-0.39, 0.29) is 23.0 Å². The highest BCUT2D eigenvalue weighted by Crippen LogP contribution is 2.26. The summed E-state index contributed by atoms with van der Waals surface area (Å²) in [5, 5.41) is 13.6. The van der Waals surface area contributed by atoms with Crippen LogP contribution in [0, 0.1) is 17.0 Å². The summed E-state index contributed by atoms with van der Waals surface area (Å²) >= 11 is 1.59. The van der Waals surface area contributed by atoms with Gasteiger partial charge in [-0.25, -0.2) is 0 Å². The molecule has 1 atom stereocenters. The number of hydrogen-bond acceptors (Lipinski definition) is 5. The number of carbonyl (C=O) groups excluding carboxylic acids is 1. The Balaban J connectivity index is 2.21. The maximum atomic E-state index is 12.2. The van der Waals surface area contributed by atoms with E-state index < -0.39 is 10.8 Å². The number of nitrogens with two attached hydrogens (primary N) is 1. The number of carbonyl (C=O) groups is 1. The SMILES string of the molecule is Cc1ccc(C(C)NC(=O)c2cccc([N+](=O)[O-])c2N)s1. The van der Waals surface area contributed by atoms with E-state index in [4.69, 9.17) is 5.73 Å². The second-order valence-corrected chi connectivity index (χ2v) is 5.96. The number of benzene rings is 1. The number of nitrogens with one attached hydrogen (secondary N) is 1. The van der Waals surface area contributed by atoms with Crippen molar-refractivity contribution in [2.75, 3.05) is 5.73 Å². The highest BCUT2D eigenvalue weighted by atomic mass is 32.1. The Bertz CT molecular complexity index is 697. The van der Waals surface area contributed by atoms with Crippen LogP contribution >= 0.6 is 11.3 Å². The fourth-order valence-corrected chi connectivity index (χ4v) is 2.82. The molecule has 0 fully saturated rings. The third kappa shape index (κ3) is 3.19. The topological polar surface area (TPSA) is 98.3 Å². The molecule has 1 aromatic heterocycles. The molecule has 21 heavy (non-hydrogen) atoms. The maximum absolute atomic E-state index is 12.2. The molecule has 0 aliphatic rings. The quantitative estimate of drug-likeness (QED) is 0.515. The third-order valence-corrected chi connectivity index (χ3v) is 4.24. The van der Waals surface area contributed by atoms with Crippen molar-refractivity contribution in [3.05, 3.63) is 55.8 Å². The van der Waals surface area contributed by atoms with Crippen LogP contribution in [0.3, 0.4) is 0 Å². The van der Waals surface area contributed by atoms with Gasteiger partial charge in [-0.3, -0.25) is 14.9 Å². The fourth-order valence-electron chi connectivity index (χ4n) is 1.94. The minimum atomic E-state index is -0.599. The molecule has 1 aromatic carbocycles. The molecular weight excluding hydrogens is 290 g/mol. The molecular formula is C14H15N3O3S. The highest BCUT2D eigenvalue weighted by Gasteiger charge is 2.20. The summed E-state index contributed by atoms with van der Waals surface area (Å²) in [7, 11) is 0. The van der Waals surface area contributed by atoms with E-state index in [1.54, 1.807) is 11.3 Å². The molecule has 0 saturated heterocycles. The average Bonchev–Trinajstić information content (AvgIpc) is 2.85. The number of rotatable bonds is 4. The van der Waals surface area contributed by atoms with Crippen LogP contribution in [0.2, 0.25) is 0 Å². The molecule has 3 N–H and O–H groups in total. The molecule has 1 heterocycles. The lowest BCUT2D eigenvalue weighted by Crippen LogP contribution is -2.27. The van der Waals surface area contributed by atoms with Crippen LogP contribution in [0.25, 0.3) is 0 Å². The van der Waals surface area contributed by atoms with Gasteiger partial charge in [0.2, 0.25) is 0 Å². The first-order valence-corrected chi connectivity index (χ1v) is 7.12. The van der Waals surface area contributed by atoms with Crippen LogP contribution in [-0.2, 0) is 0 Å². The zero-order chi connectivity index (χ0) is 15.6. The molecule has 0 bridgehead atoms. The Morgan fingerprint density at radius 2 is 2.10 bits per heavy atom. The van der Waals surface area contributed by atoms with Gasteiger partial charge < -0.3 is 11.1 Å². The first kappa shape index (κ1) is 15.0. The van der Waals surface area contributed by atoms with Crippen molar-refractivity contribution in [2.45, 2.75) is 19.9 Å². The van der Waals surface area contributed by atoms with Gasteiger partial charge in [0.25, 0.3) is 11.6 Å². The number of para-hydroxylation sites is 1. The highest BCUT2D eigenvalue weighted by molar-refractivity contribution is 7.12. The van der Waals surface area contributed by atoms with Gasteiger partial charge in [0, 0.05) is 15.8 Å². The van der Waals surface area contributed by atoms with Crippen molar-refractivity contribution in [3.63, 3.8) is 0 Å². The lowest BCUT2D eigenvalue weighted by Gasteiger charge is -2.13. The molecule has 0 spiro atoms. The normalized spacial score (nSPS) is 11.9. The Morgan fingerprint density at radius 3 is 2.67 bits per heavy atom. The standard InChI is InChI=1S/C14H15N3O3S/c1-8-6-7-12(21-8)9(2)16-14(18)10-4-3-5-11(13(10)15)17(19)20/h3-7,9H,15H2,1-2H3,(H,16,18). The number of hydrogen-bond donors (Lipinski definition) is 2. The number of nitrogens with zero attached hydrogens (tertiary/aromatic N) is 1. The maximum Gasteiger partial charge on any atom is 0.292 e. The van der Waals surface area contributed by atoms with E-state index in [0.29, 0.717) is 0 Å². The minimum absolute atomic E-state index is 0.115. The lowest BCUT2D eigenvalue weighted by atomic mass is 10.1. The van der Waals surface area contributed by atoms with Gasteiger partial charge in [0.05, 0.1) is 16.5 Å². The predicted octanol–water partition coefficient (Wildman–Crippen LogP) is 3.04. The van der Waals surface area contributed by atoms with Crippen LogP contribution in [0.1, 0.15) is 33.1 Å². The second-order valence-electron chi connectivity index (χ2n) is 4.64. The van der Waals surface area contributed by atoms with E-state index in [9.17, 15) is 14.9 Å². The number of thiophene rings is 1. The van der Waals surface area contributed by atoms with E-state index in [1.165, 1.54) is 18.2 Å². The van der Waals surface area contributed by atoms with Crippen molar-refractivity contribution < 1.29 is 9.72 Å². The molecule has 2 rings (SSSR count). The van der Waals surface area contributed by atoms with Crippen molar-refractivity contribution in [1.29, 1.82) is 0 Å². The third-order valence-electron chi connectivity index (χ3n) is 3.06. The molecule has 1 unspecified atom stereocenters. The summed E-state index contributed by atoms with van der Waals surface area (Å²) in [6.07, 6.45) is 0. The van der Waals surface area contributed by atoms with Gasteiger partial charge in [-0.05, 0) is 32.0 Å². The average molecular weight is 305 g/mol. The molecule has 2 aromatic rings. The number of nitro benzene ring substituents is 1. The zero-order valence-electron chi connectivity index (χ0n) is 11.6. The summed E-state index contributed by atoms with van der Waals surface area (Å²) in [6, 6.07) is 7.94. The molecule has 1 amide bonds. The van der Waals surface area contributed by atoms with E-state index in [1.807, 2.05) is 26.0 Å². The number of nitro groups is 1. The molecule has 0 aliphatic heterocycles. The van der Waals surface area contributed by atoms with Crippen LogP contribution in [0.4, 0.5) is 11.4 Å². The van der Waals surface area contributed by atoms with E-state index in [0.717, 1.165) is 9.75 Å². The molecule has 110 valence electrons. The van der Waals surface area contributed by atoms with E-state index >= 15 is 0 Å². The van der Waals surface area contributed by atoms with E-state index in [2.05, 4.69) is 5.32 Å². The van der Waals surface area contributed by atoms with Gasteiger partial charge in [-0.1, -0.05) is 6.07 Å². The van der Waals surface area contributed by atoms with Crippen molar-refractivity contribution >= 4 is 28.6 Å².